The summed E-state index contributed by atoms with van der Waals surface area (Å²) >= 11 is 5.80. The van der Waals surface area contributed by atoms with Crippen LogP contribution in [0.3, 0.4) is 0 Å². The van der Waals surface area contributed by atoms with Crippen LogP contribution in [0.15, 0.2) is 48.5 Å². The van der Waals surface area contributed by atoms with Gasteiger partial charge in [-0.25, -0.2) is 0 Å². The summed E-state index contributed by atoms with van der Waals surface area (Å²) < 4.78 is 11.2. The zero-order valence-corrected chi connectivity index (χ0v) is 11.7. The fourth-order valence-corrected chi connectivity index (χ4v) is 1.73. The fourth-order valence-electron chi connectivity index (χ4n) is 1.60. The Morgan fingerprint density at radius 3 is 1.79 bits per heavy atom. The van der Waals surface area contributed by atoms with Crippen molar-refractivity contribution in [2.75, 3.05) is 13.2 Å². The molecule has 19 heavy (non-hydrogen) atoms. The number of halogens is 1. The first-order valence-electron chi connectivity index (χ1n) is 6.32. The van der Waals surface area contributed by atoms with Crippen molar-refractivity contribution in [3.05, 3.63) is 59.1 Å². The summed E-state index contributed by atoms with van der Waals surface area (Å²) in [5.74, 6) is 1.73. The molecule has 0 aromatic heterocycles. The molecule has 0 aliphatic rings. The minimum absolute atomic E-state index is 0.632. The van der Waals surface area contributed by atoms with Gasteiger partial charge in [-0.05, 0) is 43.3 Å². The number of hydrogen-bond donors (Lipinski definition) is 0. The molecule has 2 rings (SSSR count). The predicted molar refractivity (Wildman–Crippen MR) is 78.2 cm³/mol. The molecule has 0 heterocycles. The van der Waals surface area contributed by atoms with Gasteiger partial charge in [0.15, 0.2) is 0 Å². The van der Waals surface area contributed by atoms with E-state index >= 15 is 0 Å². The molecular formula is C16H17ClO2. The van der Waals surface area contributed by atoms with Crippen LogP contribution in [0.25, 0.3) is 0 Å². The Labute approximate surface area is 118 Å². The quantitative estimate of drug-likeness (QED) is 0.724. The summed E-state index contributed by atoms with van der Waals surface area (Å²) in [6, 6.07) is 15.4. The van der Waals surface area contributed by atoms with E-state index in [2.05, 4.69) is 6.92 Å². The largest absolute Gasteiger partial charge is 0.493 e. The van der Waals surface area contributed by atoms with Gasteiger partial charge in [-0.15, -0.1) is 0 Å². The summed E-state index contributed by atoms with van der Waals surface area (Å²) in [5.41, 5.74) is 1.23. The molecule has 0 spiro atoms. The van der Waals surface area contributed by atoms with Crippen molar-refractivity contribution in [2.24, 2.45) is 0 Å². The summed E-state index contributed by atoms with van der Waals surface area (Å²) in [6.07, 6.45) is 0.844. The van der Waals surface area contributed by atoms with Gasteiger partial charge in [-0.3, -0.25) is 0 Å². The molecule has 0 fully saturated rings. The van der Waals surface area contributed by atoms with Gasteiger partial charge in [0.2, 0.25) is 0 Å². The molecule has 0 aliphatic heterocycles. The van der Waals surface area contributed by atoms with Crippen molar-refractivity contribution in [3.8, 4) is 11.5 Å². The maximum Gasteiger partial charge on any atom is 0.119 e. The van der Waals surface area contributed by atoms with Gasteiger partial charge in [0.25, 0.3) is 0 Å². The highest BCUT2D eigenvalue weighted by Gasteiger charge is 1.96. The number of benzene rings is 2. The van der Waals surface area contributed by atoms with Crippen LogP contribution < -0.4 is 9.47 Å². The molecule has 2 aromatic carbocycles. The Kier molecular flexibility index (Phi) is 5.10. The molecular weight excluding hydrogens is 260 g/mol. The molecule has 0 saturated carbocycles. The van der Waals surface area contributed by atoms with Crippen LogP contribution in [0.1, 0.15) is 12.0 Å². The lowest BCUT2D eigenvalue weighted by Crippen LogP contribution is -2.04. The second kappa shape index (κ2) is 7.05. The van der Waals surface area contributed by atoms with Gasteiger partial charge in [-0.2, -0.15) is 0 Å². The number of hydrogen-bond acceptors (Lipinski definition) is 2. The van der Waals surface area contributed by atoms with Crippen molar-refractivity contribution < 1.29 is 9.47 Å². The highest BCUT2D eigenvalue weighted by molar-refractivity contribution is 6.30. The SMILES string of the molecule is Cc1ccc(OCCCOc2ccc(Cl)cc2)cc1. The van der Waals surface area contributed by atoms with Crippen LogP contribution >= 0.6 is 11.6 Å². The molecule has 0 atom stereocenters. The third kappa shape index (κ3) is 4.84. The maximum atomic E-state index is 5.80. The lowest BCUT2D eigenvalue weighted by Gasteiger charge is -2.08. The zero-order chi connectivity index (χ0) is 13.5. The van der Waals surface area contributed by atoms with Crippen molar-refractivity contribution in [1.29, 1.82) is 0 Å². The zero-order valence-electron chi connectivity index (χ0n) is 10.9. The fraction of sp³-hybridized carbons (Fsp3) is 0.250. The molecule has 0 amide bonds. The van der Waals surface area contributed by atoms with E-state index in [1.807, 2.05) is 48.5 Å². The molecule has 2 aromatic rings. The lowest BCUT2D eigenvalue weighted by molar-refractivity contribution is 0.247. The van der Waals surface area contributed by atoms with Crippen LogP contribution in [0.5, 0.6) is 11.5 Å². The van der Waals surface area contributed by atoms with Crippen molar-refractivity contribution in [2.45, 2.75) is 13.3 Å². The predicted octanol–water partition coefficient (Wildman–Crippen LogP) is 4.50. The van der Waals surface area contributed by atoms with Gasteiger partial charge >= 0.3 is 0 Å². The van der Waals surface area contributed by atoms with Crippen molar-refractivity contribution in [3.63, 3.8) is 0 Å². The van der Waals surface area contributed by atoms with Crippen LogP contribution in [-0.2, 0) is 0 Å². The molecule has 3 heteroatoms. The maximum absolute atomic E-state index is 5.80. The smallest absolute Gasteiger partial charge is 0.119 e. The second-order valence-corrected chi connectivity index (χ2v) is 4.75. The van der Waals surface area contributed by atoms with E-state index in [-0.39, 0.29) is 0 Å². The van der Waals surface area contributed by atoms with Crippen molar-refractivity contribution >= 4 is 11.6 Å². The third-order valence-electron chi connectivity index (χ3n) is 2.66. The highest BCUT2D eigenvalue weighted by atomic mass is 35.5. The molecule has 0 unspecified atom stereocenters. The standard InChI is InChI=1S/C16H17ClO2/c1-13-3-7-15(8-4-13)18-11-2-12-19-16-9-5-14(17)6-10-16/h3-10H,2,11-12H2,1H3. The number of rotatable bonds is 6. The van der Waals surface area contributed by atoms with Crippen LogP contribution in [0.2, 0.25) is 5.02 Å². The monoisotopic (exact) mass is 276 g/mol. The first-order chi connectivity index (χ1) is 9.24. The first-order valence-corrected chi connectivity index (χ1v) is 6.70. The Morgan fingerprint density at radius 1 is 0.789 bits per heavy atom. The van der Waals surface area contributed by atoms with E-state index in [9.17, 15) is 0 Å². The van der Waals surface area contributed by atoms with Crippen LogP contribution in [-0.4, -0.2) is 13.2 Å². The Morgan fingerprint density at radius 2 is 1.26 bits per heavy atom. The summed E-state index contributed by atoms with van der Waals surface area (Å²) in [7, 11) is 0. The van der Waals surface area contributed by atoms with Crippen LogP contribution in [0.4, 0.5) is 0 Å². The average Bonchev–Trinajstić information content (AvgIpc) is 2.43. The number of aryl methyl sites for hydroxylation is 1. The molecule has 100 valence electrons. The van der Waals surface area contributed by atoms with E-state index in [0.717, 1.165) is 22.9 Å². The van der Waals surface area contributed by atoms with Gasteiger partial charge in [0.05, 0.1) is 13.2 Å². The lowest BCUT2D eigenvalue weighted by atomic mass is 10.2. The normalized spacial score (nSPS) is 10.2. The number of ether oxygens (including phenoxy) is 2. The van der Waals surface area contributed by atoms with Gasteiger partial charge in [0, 0.05) is 11.4 Å². The van der Waals surface area contributed by atoms with Gasteiger partial charge in [0.1, 0.15) is 11.5 Å². The molecule has 0 saturated heterocycles. The first kappa shape index (κ1) is 13.8. The Bertz CT molecular complexity index is 444. The molecule has 0 aliphatic carbocycles. The van der Waals surface area contributed by atoms with Gasteiger partial charge in [-0.1, -0.05) is 29.3 Å². The second-order valence-electron chi connectivity index (χ2n) is 4.32. The molecule has 2 nitrogen and oxygen atoms in total. The minimum atomic E-state index is 0.632. The summed E-state index contributed by atoms with van der Waals surface area (Å²) in [6.45, 7) is 3.34. The average molecular weight is 277 g/mol. The molecule has 0 bridgehead atoms. The Balaban J connectivity index is 1.64. The molecule has 0 radical (unpaired) electrons. The van der Waals surface area contributed by atoms with E-state index < -0.39 is 0 Å². The third-order valence-corrected chi connectivity index (χ3v) is 2.91. The van der Waals surface area contributed by atoms with E-state index in [0.29, 0.717) is 13.2 Å². The van der Waals surface area contributed by atoms with E-state index in [1.165, 1.54) is 5.56 Å². The highest BCUT2D eigenvalue weighted by Crippen LogP contribution is 2.16. The van der Waals surface area contributed by atoms with Gasteiger partial charge < -0.3 is 9.47 Å². The summed E-state index contributed by atoms with van der Waals surface area (Å²) in [5, 5.41) is 0.718. The van der Waals surface area contributed by atoms with E-state index in [1.54, 1.807) is 0 Å². The van der Waals surface area contributed by atoms with Crippen LogP contribution in [0, 0.1) is 6.92 Å². The summed E-state index contributed by atoms with van der Waals surface area (Å²) in [4.78, 5) is 0. The topological polar surface area (TPSA) is 18.5 Å². The minimum Gasteiger partial charge on any atom is -0.493 e. The molecule has 0 N–H and O–H groups in total. The van der Waals surface area contributed by atoms with Crippen molar-refractivity contribution in [1.82, 2.24) is 0 Å². The Hall–Kier alpha value is -1.67. The van der Waals surface area contributed by atoms with E-state index in [4.69, 9.17) is 21.1 Å².